The van der Waals surface area contributed by atoms with E-state index in [1.54, 1.807) is 25.3 Å². The molecule has 0 N–H and O–H groups in total. The fourth-order valence-corrected chi connectivity index (χ4v) is 3.80. The summed E-state index contributed by atoms with van der Waals surface area (Å²) in [4.78, 5) is 13.1. The van der Waals surface area contributed by atoms with Gasteiger partial charge in [-0.25, -0.2) is 0 Å². The molecule has 0 saturated carbocycles. The SMILES string of the molecule is COc1ccc(Br)cc1C(=O)c1cc(Br)c(Br)s1. The highest BCUT2D eigenvalue weighted by Gasteiger charge is 2.18. The zero-order valence-electron chi connectivity index (χ0n) is 9.17. The molecule has 18 heavy (non-hydrogen) atoms. The number of ketones is 1. The van der Waals surface area contributed by atoms with Crippen molar-refractivity contribution < 1.29 is 9.53 Å². The third kappa shape index (κ3) is 2.87. The van der Waals surface area contributed by atoms with E-state index in [9.17, 15) is 4.79 Å². The second-order valence-corrected chi connectivity index (χ2v) is 7.55. The first-order valence-corrected chi connectivity index (χ1v) is 8.05. The summed E-state index contributed by atoms with van der Waals surface area (Å²) in [6, 6.07) is 7.19. The monoisotopic (exact) mass is 452 g/mol. The number of ether oxygens (including phenoxy) is 1. The van der Waals surface area contributed by atoms with E-state index in [0.29, 0.717) is 16.2 Å². The zero-order valence-corrected chi connectivity index (χ0v) is 14.7. The molecule has 94 valence electrons. The van der Waals surface area contributed by atoms with Crippen molar-refractivity contribution in [3.05, 3.63) is 47.4 Å². The average molecular weight is 455 g/mol. The zero-order chi connectivity index (χ0) is 13.3. The Kier molecular flexibility index (Phi) is 4.64. The van der Waals surface area contributed by atoms with Gasteiger partial charge in [0, 0.05) is 8.95 Å². The molecule has 1 aromatic heterocycles. The maximum atomic E-state index is 12.4. The molecule has 2 aromatic rings. The number of halogens is 3. The summed E-state index contributed by atoms with van der Waals surface area (Å²) in [5.41, 5.74) is 0.549. The topological polar surface area (TPSA) is 26.3 Å². The van der Waals surface area contributed by atoms with Crippen LogP contribution in [-0.2, 0) is 0 Å². The predicted octanol–water partition coefficient (Wildman–Crippen LogP) is 5.28. The van der Waals surface area contributed by atoms with E-state index in [1.165, 1.54) is 11.3 Å². The van der Waals surface area contributed by atoms with Crippen LogP contribution in [0.4, 0.5) is 0 Å². The van der Waals surface area contributed by atoms with Gasteiger partial charge in [0.15, 0.2) is 0 Å². The lowest BCUT2D eigenvalue weighted by Crippen LogP contribution is -2.02. The molecule has 0 spiro atoms. The lowest BCUT2D eigenvalue weighted by Gasteiger charge is -2.06. The van der Waals surface area contributed by atoms with Crippen molar-refractivity contribution in [1.82, 2.24) is 0 Å². The summed E-state index contributed by atoms with van der Waals surface area (Å²) in [5, 5.41) is 0. The number of methoxy groups -OCH3 is 1. The van der Waals surface area contributed by atoms with Gasteiger partial charge >= 0.3 is 0 Å². The van der Waals surface area contributed by atoms with Gasteiger partial charge in [0.2, 0.25) is 5.78 Å². The van der Waals surface area contributed by atoms with Crippen LogP contribution < -0.4 is 4.74 Å². The summed E-state index contributed by atoms with van der Waals surface area (Å²) in [7, 11) is 1.56. The van der Waals surface area contributed by atoms with Crippen LogP contribution in [0.2, 0.25) is 0 Å². The number of carbonyl (C=O) groups excluding carboxylic acids is 1. The van der Waals surface area contributed by atoms with E-state index in [-0.39, 0.29) is 5.78 Å². The molecule has 0 amide bonds. The van der Waals surface area contributed by atoms with Gasteiger partial charge < -0.3 is 4.74 Å². The third-order valence-corrected chi connectivity index (χ3v) is 6.02. The summed E-state index contributed by atoms with van der Waals surface area (Å²) >= 11 is 11.5. The van der Waals surface area contributed by atoms with Crippen LogP contribution in [0.5, 0.6) is 5.75 Å². The molecular formula is C12H7Br3O2S. The van der Waals surface area contributed by atoms with Crippen LogP contribution in [0.1, 0.15) is 15.2 Å². The second-order valence-electron chi connectivity index (χ2n) is 3.41. The van der Waals surface area contributed by atoms with E-state index in [4.69, 9.17) is 4.74 Å². The largest absolute Gasteiger partial charge is 0.496 e. The van der Waals surface area contributed by atoms with Crippen LogP contribution in [-0.4, -0.2) is 12.9 Å². The van der Waals surface area contributed by atoms with E-state index in [0.717, 1.165) is 12.7 Å². The van der Waals surface area contributed by atoms with Gasteiger partial charge in [0.1, 0.15) is 5.75 Å². The van der Waals surface area contributed by atoms with Crippen LogP contribution in [0.15, 0.2) is 37.0 Å². The summed E-state index contributed by atoms with van der Waals surface area (Å²) in [5.74, 6) is 0.522. The number of benzene rings is 1. The first-order chi connectivity index (χ1) is 8.52. The van der Waals surface area contributed by atoms with Crippen molar-refractivity contribution in [3.8, 4) is 5.75 Å². The molecule has 0 aliphatic heterocycles. The minimum atomic E-state index is -0.0513. The number of hydrogen-bond donors (Lipinski definition) is 0. The van der Waals surface area contributed by atoms with E-state index >= 15 is 0 Å². The molecule has 0 aliphatic rings. The van der Waals surface area contributed by atoms with Crippen LogP contribution in [0.25, 0.3) is 0 Å². The molecule has 2 rings (SSSR count). The van der Waals surface area contributed by atoms with Crippen molar-refractivity contribution in [2.45, 2.75) is 0 Å². The Morgan fingerprint density at radius 2 is 1.94 bits per heavy atom. The highest BCUT2D eigenvalue weighted by Crippen LogP contribution is 2.35. The standard InChI is InChI=1S/C12H7Br3O2S/c1-17-9-3-2-6(13)4-7(9)11(16)10-5-8(14)12(15)18-10/h2-5H,1H3. The Morgan fingerprint density at radius 3 is 2.50 bits per heavy atom. The Bertz CT molecular complexity index is 588. The molecule has 1 heterocycles. The molecule has 2 nitrogen and oxygen atoms in total. The minimum Gasteiger partial charge on any atom is -0.496 e. The second kappa shape index (κ2) is 5.86. The van der Waals surface area contributed by atoms with E-state index < -0.39 is 0 Å². The number of carbonyl (C=O) groups is 1. The highest BCUT2D eigenvalue weighted by atomic mass is 79.9. The van der Waals surface area contributed by atoms with Gasteiger partial charge in [-0.15, -0.1) is 11.3 Å². The van der Waals surface area contributed by atoms with Gasteiger partial charge in [0.05, 0.1) is 21.3 Å². The van der Waals surface area contributed by atoms with Crippen LogP contribution >= 0.6 is 59.1 Å². The number of hydrogen-bond acceptors (Lipinski definition) is 3. The molecule has 0 fully saturated rings. The molecule has 0 atom stereocenters. The summed E-state index contributed by atoms with van der Waals surface area (Å²) in [6.07, 6.45) is 0. The van der Waals surface area contributed by atoms with E-state index in [1.807, 2.05) is 6.07 Å². The third-order valence-electron chi connectivity index (χ3n) is 2.28. The normalized spacial score (nSPS) is 10.4. The lowest BCUT2D eigenvalue weighted by molar-refractivity contribution is 0.103. The number of rotatable bonds is 3. The Morgan fingerprint density at radius 1 is 1.22 bits per heavy atom. The van der Waals surface area contributed by atoms with Crippen molar-refractivity contribution >= 4 is 64.9 Å². The van der Waals surface area contributed by atoms with Gasteiger partial charge in [-0.3, -0.25) is 4.79 Å². The predicted molar refractivity (Wildman–Crippen MR) is 83.8 cm³/mol. The quantitative estimate of drug-likeness (QED) is 0.590. The lowest BCUT2D eigenvalue weighted by atomic mass is 10.1. The molecule has 0 bridgehead atoms. The Hall–Kier alpha value is -0.170. The van der Waals surface area contributed by atoms with Crippen LogP contribution in [0.3, 0.4) is 0 Å². The summed E-state index contributed by atoms with van der Waals surface area (Å²) < 4.78 is 7.85. The number of thiophene rings is 1. The van der Waals surface area contributed by atoms with Crippen LogP contribution in [0, 0.1) is 0 Å². The smallest absolute Gasteiger partial charge is 0.206 e. The molecule has 0 aliphatic carbocycles. The molecule has 1 aromatic carbocycles. The van der Waals surface area contributed by atoms with Crippen molar-refractivity contribution in [2.75, 3.05) is 7.11 Å². The van der Waals surface area contributed by atoms with Crippen molar-refractivity contribution in [2.24, 2.45) is 0 Å². The van der Waals surface area contributed by atoms with Gasteiger partial charge in [-0.05, 0) is 56.1 Å². The molecule has 6 heteroatoms. The molecule has 0 saturated heterocycles. The first-order valence-electron chi connectivity index (χ1n) is 4.86. The van der Waals surface area contributed by atoms with Gasteiger partial charge in [-0.1, -0.05) is 15.9 Å². The first kappa shape index (κ1) is 14.2. The average Bonchev–Trinajstić information content (AvgIpc) is 2.68. The van der Waals surface area contributed by atoms with Gasteiger partial charge in [0.25, 0.3) is 0 Å². The van der Waals surface area contributed by atoms with Gasteiger partial charge in [-0.2, -0.15) is 0 Å². The molecule has 0 unspecified atom stereocenters. The van der Waals surface area contributed by atoms with Crippen molar-refractivity contribution in [1.29, 1.82) is 0 Å². The van der Waals surface area contributed by atoms with Crippen molar-refractivity contribution in [3.63, 3.8) is 0 Å². The Labute approximate surface area is 134 Å². The maximum Gasteiger partial charge on any atom is 0.206 e. The minimum absolute atomic E-state index is 0.0513. The highest BCUT2D eigenvalue weighted by molar-refractivity contribution is 9.13. The Balaban J connectivity index is 2.48. The summed E-state index contributed by atoms with van der Waals surface area (Å²) in [6.45, 7) is 0. The molecular weight excluding hydrogens is 448 g/mol. The maximum absolute atomic E-state index is 12.4. The van der Waals surface area contributed by atoms with E-state index in [2.05, 4.69) is 47.8 Å². The fraction of sp³-hybridized carbons (Fsp3) is 0.0833. The fourth-order valence-electron chi connectivity index (χ4n) is 1.45. The molecule has 0 radical (unpaired) electrons.